The molecular formula is C19H20FN3O3S. The smallest absolute Gasteiger partial charge is 0.284 e. The van der Waals surface area contributed by atoms with Gasteiger partial charge in [0, 0.05) is 19.3 Å². The van der Waals surface area contributed by atoms with Gasteiger partial charge >= 0.3 is 0 Å². The number of thiocarbonyl (C=S) groups is 1. The van der Waals surface area contributed by atoms with E-state index in [0.717, 1.165) is 5.69 Å². The minimum absolute atomic E-state index is 0.0716. The van der Waals surface area contributed by atoms with Crippen LogP contribution in [0.2, 0.25) is 0 Å². The van der Waals surface area contributed by atoms with Gasteiger partial charge in [-0.3, -0.25) is 9.80 Å². The Hall–Kier alpha value is -2.39. The molecular weight excluding hydrogens is 369 g/mol. The molecule has 1 aliphatic rings. The standard InChI is InChI=1S/C19H20FN3O3S/c1-25-17-13-22(11-12-26-17)23(16-5-3-2-4-6-16)19(27)18(24)21-15-9-7-14(20)8-10-15/h2-10,17H,11-13H2,1H3,(H,21,24). The number of benzene rings is 2. The van der Waals surface area contributed by atoms with E-state index < -0.39 is 12.2 Å². The van der Waals surface area contributed by atoms with Crippen molar-refractivity contribution in [2.24, 2.45) is 0 Å². The van der Waals surface area contributed by atoms with Crippen LogP contribution in [0, 0.1) is 5.82 Å². The normalized spacial score (nSPS) is 17.3. The highest BCUT2D eigenvalue weighted by Gasteiger charge is 2.30. The largest absolute Gasteiger partial charge is 0.354 e. The first-order valence-corrected chi connectivity index (χ1v) is 8.84. The molecule has 0 spiro atoms. The molecule has 1 atom stereocenters. The molecule has 1 N–H and O–H groups in total. The van der Waals surface area contributed by atoms with Gasteiger partial charge in [0.05, 0.1) is 18.8 Å². The fraction of sp³-hybridized carbons (Fsp3) is 0.263. The number of hydrogen-bond acceptors (Lipinski definition) is 5. The zero-order valence-electron chi connectivity index (χ0n) is 14.8. The van der Waals surface area contributed by atoms with E-state index in [2.05, 4.69) is 5.32 Å². The molecule has 0 radical (unpaired) electrons. The quantitative estimate of drug-likeness (QED) is 0.812. The van der Waals surface area contributed by atoms with Gasteiger partial charge in [-0.25, -0.2) is 9.40 Å². The predicted octanol–water partition coefficient (Wildman–Crippen LogP) is 2.82. The molecule has 1 aliphatic heterocycles. The topological polar surface area (TPSA) is 54.0 Å². The Morgan fingerprint density at radius 3 is 2.63 bits per heavy atom. The minimum atomic E-state index is -0.457. The fourth-order valence-electron chi connectivity index (χ4n) is 2.72. The molecule has 2 aromatic rings. The molecule has 1 heterocycles. The summed E-state index contributed by atoms with van der Waals surface area (Å²) in [6.45, 7) is 1.43. The molecule has 2 aromatic carbocycles. The molecule has 0 bridgehead atoms. The van der Waals surface area contributed by atoms with Gasteiger partial charge in [-0.05, 0) is 36.4 Å². The summed E-state index contributed by atoms with van der Waals surface area (Å²) < 4.78 is 23.9. The number of anilines is 2. The third-order valence-corrected chi connectivity index (χ3v) is 4.41. The summed E-state index contributed by atoms with van der Waals surface area (Å²) in [6, 6.07) is 14.9. The lowest BCUT2D eigenvalue weighted by Crippen LogP contribution is -2.56. The summed E-state index contributed by atoms with van der Waals surface area (Å²) in [7, 11) is 1.57. The van der Waals surface area contributed by atoms with Crippen LogP contribution in [0.15, 0.2) is 54.6 Å². The molecule has 1 amide bonds. The molecule has 8 heteroatoms. The van der Waals surface area contributed by atoms with E-state index in [1.54, 1.807) is 12.1 Å². The number of hydrogen-bond donors (Lipinski definition) is 1. The number of para-hydroxylation sites is 1. The zero-order chi connectivity index (χ0) is 19.2. The van der Waals surface area contributed by atoms with Crippen LogP contribution in [0.25, 0.3) is 0 Å². The summed E-state index contributed by atoms with van der Waals surface area (Å²) in [5.41, 5.74) is 1.22. The third kappa shape index (κ3) is 4.86. The lowest BCUT2D eigenvalue weighted by molar-refractivity contribution is -0.164. The SMILES string of the molecule is COC1CN(N(C(=S)C(=O)Nc2ccc(F)cc2)c2ccccc2)CCO1. The van der Waals surface area contributed by atoms with Crippen LogP contribution >= 0.6 is 12.2 Å². The van der Waals surface area contributed by atoms with Crippen LogP contribution in [0.5, 0.6) is 0 Å². The van der Waals surface area contributed by atoms with E-state index in [-0.39, 0.29) is 10.8 Å². The molecule has 0 saturated carbocycles. The first-order chi connectivity index (χ1) is 13.1. The number of amides is 1. The lowest BCUT2D eigenvalue weighted by atomic mass is 10.3. The van der Waals surface area contributed by atoms with Crippen LogP contribution in [0.1, 0.15) is 0 Å². The Morgan fingerprint density at radius 1 is 1.26 bits per heavy atom. The highest BCUT2D eigenvalue weighted by Crippen LogP contribution is 2.21. The second kappa shape index (κ2) is 9.01. The van der Waals surface area contributed by atoms with Gasteiger partial charge in [-0.1, -0.05) is 30.4 Å². The maximum absolute atomic E-state index is 13.1. The zero-order valence-corrected chi connectivity index (χ0v) is 15.6. The number of nitrogens with zero attached hydrogens (tertiary/aromatic N) is 2. The lowest BCUT2D eigenvalue weighted by Gasteiger charge is -2.40. The van der Waals surface area contributed by atoms with Crippen molar-refractivity contribution >= 4 is 34.5 Å². The monoisotopic (exact) mass is 389 g/mol. The summed E-state index contributed by atoms with van der Waals surface area (Å²) in [5, 5.41) is 6.31. The van der Waals surface area contributed by atoms with E-state index in [4.69, 9.17) is 21.7 Å². The van der Waals surface area contributed by atoms with Crippen LogP contribution in [0.3, 0.4) is 0 Å². The average Bonchev–Trinajstić information content (AvgIpc) is 2.71. The Bertz CT molecular complexity index is 789. The van der Waals surface area contributed by atoms with Gasteiger partial charge in [0.25, 0.3) is 5.91 Å². The Kier molecular flexibility index (Phi) is 6.46. The van der Waals surface area contributed by atoms with E-state index in [9.17, 15) is 9.18 Å². The van der Waals surface area contributed by atoms with Crippen molar-refractivity contribution in [2.75, 3.05) is 37.1 Å². The highest BCUT2D eigenvalue weighted by molar-refractivity contribution is 7.82. The number of morpholine rings is 1. The predicted molar refractivity (Wildman–Crippen MR) is 105 cm³/mol. The number of halogens is 1. The molecule has 6 nitrogen and oxygen atoms in total. The Labute approximate surface area is 162 Å². The van der Waals surface area contributed by atoms with Crippen LogP contribution < -0.4 is 10.3 Å². The van der Waals surface area contributed by atoms with Crippen molar-refractivity contribution in [3.05, 3.63) is 60.4 Å². The van der Waals surface area contributed by atoms with Crippen molar-refractivity contribution in [3.63, 3.8) is 0 Å². The molecule has 142 valence electrons. The summed E-state index contributed by atoms with van der Waals surface area (Å²) in [4.78, 5) is 12.8. The van der Waals surface area contributed by atoms with E-state index in [1.165, 1.54) is 24.3 Å². The second-order valence-corrected chi connectivity index (χ2v) is 6.25. The third-order valence-electron chi connectivity index (χ3n) is 4.05. The molecule has 1 fully saturated rings. The molecule has 0 aliphatic carbocycles. The van der Waals surface area contributed by atoms with E-state index >= 15 is 0 Å². The van der Waals surface area contributed by atoms with E-state index in [1.807, 2.05) is 35.3 Å². The Morgan fingerprint density at radius 2 is 1.96 bits per heavy atom. The van der Waals surface area contributed by atoms with E-state index in [0.29, 0.717) is 25.4 Å². The highest BCUT2D eigenvalue weighted by atomic mass is 32.1. The van der Waals surface area contributed by atoms with Crippen molar-refractivity contribution in [3.8, 4) is 0 Å². The summed E-state index contributed by atoms with van der Waals surface area (Å²) in [5.74, 6) is -0.832. The van der Waals surface area contributed by atoms with Crippen LogP contribution in [-0.4, -0.2) is 49.0 Å². The fourth-order valence-corrected chi connectivity index (χ4v) is 2.99. The van der Waals surface area contributed by atoms with Gasteiger partial charge in [0.15, 0.2) is 11.3 Å². The summed E-state index contributed by atoms with van der Waals surface area (Å²) in [6.07, 6.45) is -0.409. The molecule has 1 saturated heterocycles. The number of methoxy groups -OCH3 is 1. The number of hydrazine groups is 1. The summed E-state index contributed by atoms with van der Waals surface area (Å²) >= 11 is 5.48. The first kappa shape index (κ1) is 19.4. The first-order valence-electron chi connectivity index (χ1n) is 8.44. The number of nitrogens with one attached hydrogen (secondary N) is 1. The average molecular weight is 389 g/mol. The minimum Gasteiger partial charge on any atom is -0.354 e. The number of rotatable bonds is 4. The molecule has 1 unspecified atom stereocenters. The maximum Gasteiger partial charge on any atom is 0.284 e. The van der Waals surface area contributed by atoms with Crippen molar-refractivity contribution in [1.29, 1.82) is 0 Å². The Balaban J connectivity index is 1.82. The molecule has 3 rings (SSSR count). The van der Waals surface area contributed by atoms with Crippen molar-refractivity contribution < 1.29 is 18.7 Å². The van der Waals surface area contributed by atoms with Gasteiger partial charge < -0.3 is 14.8 Å². The van der Waals surface area contributed by atoms with Crippen molar-refractivity contribution in [2.45, 2.75) is 6.29 Å². The molecule has 27 heavy (non-hydrogen) atoms. The second-order valence-electron chi connectivity index (χ2n) is 5.86. The number of carbonyl (C=O) groups excluding carboxylic acids is 1. The van der Waals surface area contributed by atoms with Gasteiger partial charge in [-0.15, -0.1) is 0 Å². The van der Waals surface area contributed by atoms with Gasteiger partial charge in [0.1, 0.15) is 5.82 Å². The molecule has 0 aromatic heterocycles. The van der Waals surface area contributed by atoms with Crippen LogP contribution in [-0.2, 0) is 14.3 Å². The van der Waals surface area contributed by atoms with Gasteiger partial charge in [-0.2, -0.15) is 0 Å². The van der Waals surface area contributed by atoms with Crippen LogP contribution in [0.4, 0.5) is 15.8 Å². The van der Waals surface area contributed by atoms with Crippen molar-refractivity contribution in [1.82, 2.24) is 5.01 Å². The van der Waals surface area contributed by atoms with Gasteiger partial charge in [0.2, 0.25) is 0 Å². The number of carbonyl (C=O) groups is 1. The number of ether oxygens (including phenoxy) is 2. The maximum atomic E-state index is 13.1.